The van der Waals surface area contributed by atoms with Gasteiger partial charge in [-0.2, -0.15) is 0 Å². The third-order valence-corrected chi connectivity index (χ3v) is 9.94. The first-order valence-electron chi connectivity index (χ1n) is 22.3. The van der Waals surface area contributed by atoms with Crippen molar-refractivity contribution in [1.29, 1.82) is 5.39 Å². The predicted octanol–water partition coefficient (Wildman–Crippen LogP) is 3.78. The maximum atomic E-state index is 9.60. The second-order valence-corrected chi connectivity index (χ2v) is 14.5. The van der Waals surface area contributed by atoms with Gasteiger partial charge in [-0.15, -0.1) is 15.3 Å². The number of methoxy groups -OCH3 is 3. The molecule has 6 aromatic rings. The number of halogens is 3. The van der Waals surface area contributed by atoms with Crippen LogP contribution in [0.15, 0.2) is 140 Å². The average molecular weight is 1070 g/mol. The van der Waals surface area contributed by atoms with Crippen molar-refractivity contribution in [2.75, 3.05) is 47.8 Å². The third-order valence-electron chi connectivity index (χ3n) is 9.94. The lowest BCUT2D eigenvalue weighted by molar-refractivity contribution is -0.00100. The van der Waals surface area contributed by atoms with Crippen molar-refractivity contribution in [3.8, 4) is 50.6 Å². The Bertz CT molecular complexity index is 2640. The molecule has 0 saturated carbocycles. The van der Waals surface area contributed by atoms with Crippen LogP contribution in [0.1, 0.15) is 55.5 Å². The SMILES string of the molecule is CCO.CCON=Nc1ccc(-c2ccc(C)c(CO)c2)cc1OC.CCON=Nc1ccc(-c2ccc(N=NOCC)c(OC)c2)cc1CO.COc1cc(-c2ccc(C)c(CO)c2)ccc1[N+]#N.[Cl-].[Cl-].[Cl-]. The van der Waals surface area contributed by atoms with Gasteiger partial charge in [0.25, 0.3) is 0 Å². The van der Waals surface area contributed by atoms with E-state index in [1.54, 1.807) is 45.4 Å². The highest BCUT2D eigenvalue weighted by molar-refractivity contribution is 5.74. The molecular formula is C52H63Cl3N8O10-2. The summed E-state index contributed by atoms with van der Waals surface area (Å²) >= 11 is 0. The van der Waals surface area contributed by atoms with Crippen molar-refractivity contribution in [2.24, 2.45) is 31.2 Å². The Morgan fingerprint density at radius 2 is 0.726 bits per heavy atom. The van der Waals surface area contributed by atoms with Gasteiger partial charge in [0.1, 0.15) is 42.7 Å². The average Bonchev–Trinajstić information content (AvgIpc) is 3.39. The normalized spacial score (nSPS) is 10.1. The lowest BCUT2D eigenvalue weighted by Gasteiger charge is -2.10. The molecule has 394 valence electrons. The smallest absolute Gasteiger partial charge is 0.426 e. The van der Waals surface area contributed by atoms with E-state index in [1.807, 2.05) is 120 Å². The zero-order chi connectivity index (χ0) is 51.3. The van der Waals surface area contributed by atoms with E-state index in [4.69, 9.17) is 39.2 Å². The van der Waals surface area contributed by atoms with Crippen LogP contribution in [-0.2, 0) is 34.3 Å². The van der Waals surface area contributed by atoms with E-state index in [0.29, 0.717) is 65.4 Å². The minimum atomic E-state index is -0.161. The number of aliphatic hydroxyl groups is 4. The van der Waals surface area contributed by atoms with Crippen molar-refractivity contribution >= 4 is 22.7 Å². The monoisotopic (exact) mass is 1060 g/mol. The van der Waals surface area contributed by atoms with Crippen molar-refractivity contribution in [3.63, 3.8) is 0 Å². The van der Waals surface area contributed by atoms with Crippen LogP contribution in [0.4, 0.5) is 22.7 Å². The van der Waals surface area contributed by atoms with Crippen molar-refractivity contribution in [3.05, 3.63) is 142 Å². The molecule has 0 amide bonds. The molecule has 21 heteroatoms. The highest BCUT2D eigenvalue weighted by Gasteiger charge is 2.16. The summed E-state index contributed by atoms with van der Waals surface area (Å²) in [5.74, 6) is 1.69. The summed E-state index contributed by atoms with van der Waals surface area (Å²) in [5.41, 5.74) is 12.4. The first-order chi connectivity index (χ1) is 34.0. The minimum absolute atomic E-state index is 0. The fraction of sp³-hybridized carbons (Fsp3) is 0.308. The van der Waals surface area contributed by atoms with Gasteiger partial charge in [-0.25, -0.2) is 0 Å². The van der Waals surface area contributed by atoms with Crippen LogP contribution in [-0.4, -0.2) is 68.2 Å². The molecule has 18 nitrogen and oxygen atoms in total. The molecule has 0 spiro atoms. The third kappa shape index (κ3) is 20.6. The maximum Gasteiger partial charge on any atom is 0.426 e. The molecule has 0 aliphatic heterocycles. The lowest BCUT2D eigenvalue weighted by Crippen LogP contribution is -3.00. The molecule has 0 bridgehead atoms. The highest BCUT2D eigenvalue weighted by atomic mass is 35.5. The molecule has 0 radical (unpaired) electrons. The summed E-state index contributed by atoms with van der Waals surface area (Å²) in [6.07, 6.45) is 0. The minimum Gasteiger partial charge on any atom is -1.00 e. The Balaban J connectivity index is 0.00000103. The van der Waals surface area contributed by atoms with Gasteiger partial charge < -0.3 is 86.4 Å². The lowest BCUT2D eigenvalue weighted by atomic mass is 9.99. The zero-order valence-electron chi connectivity index (χ0n) is 42.3. The number of benzene rings is 6. The molecule has 0 aromatic heterocycles. The number of hydrogen-bond donors (Lipinski definition) is 4. The van der Waals surface area contributed by atoms with E-state index in [9.17, 15) is 15.3 Å². The quantitative estimate of drug-likeness (QED) is 0.0549. The molecule has 0 heterocycles. The number of diazo groups is 1. The first kappa shape index (κ1) is 66.0. The van der Waals surface area contributed by atoms with E-state index in [0.717, 1.165) is 55.6 Å². The molecule has 4 N–H and O–H groups in total. The fourth-order valence-corrected chi connectivity index (χ4v) is 6.24. The van der Waals surface area contributed by atoms with Gasteiger partial charge >= 0.3 is 5.69 Å². The highest BCUT2D eigenvalue weighted by Crippen LogP contribution is 2.37. The molecule has 73 heavy (non-hydrogen) atoms. The standard InChI is InChI=1S/C18H22N4O4.C17H20N2O3.C15H15N2O2.C2H6O.3ClH/c1-4-25-21-19-16-8-6-13(10-15(16)12-23)14-7-9-17(18(11-14)24-3)20-22-26-5-2;1-4-22-19-18-16-8-7-14(10-17(16)21-3)13-6-5-12(2)15(9-13)11-20;1-10-3-4-11(7-13(10)9-18)12-5-6-14(17-16)15(8-12)19-2;1-2-3;;;/h6-11,23H,4-5,12H2,1-3H3;5-10,20H,4,11H2,1-3H3;3-8,18H,9H2,1-2H3;3H,2H2,1H3;3*1H/q;;+1;;;;/p-3. The molecule has 0 unspecified atom stereocenters. The number of rotatable bonds is 18. The Morgan fingerprint density at radius 3 is 1.07 bits per heavy atom. The van der Waals surface area contributed by atoms with E-state index >= 15 is 0 Å². The van der Waals surface area contributed by atoms with Crippen LogP contribution in [0.5, 0.6) is 17.2 Å². The zero-order valence-corrected chi connectivity index (χ0v) is 44.6. The molecule has 0 aliphatic rings. The van der Waals surface area contributed by atoms with Crippen LogP contribution in [0.2, 0.25) is 0 Å². The number of nitrogens with zero attached hydrogens (tertiary/aromatic N) is 8. The summed E-state index contributed by atoms with van der Waals surface area (Å²) in [5, 5.41) is 67.5. The fourth-order valence-electron chi connectivity index (χ4n) is 6.24. The van der Waals surface area contributed by atoms with Gasteiger partial charge in [-0.1, -0.05) is 42.5 Å². The number of hydrogen-bond acceptors (Lipinski definition) is 17. The molecule has 0 atom stereocenters. The van der Waals surface area contributed by atoms with Gasteiger partial charge in [-0.05, 0) is 158 Å². The Kier molecular flexibility index (Phi) is 33.4. The van der Waals surface area contributed by atoms with Crippen molar-refractivity contribution in [1.82, 2.24) is 0 Å². The number of aryl methyl sites for hydroxylation is 2. The van der Waals surface area contributed by atoms with Crippen LogP contribution in [0.25, 0.3) is 38.4 Å². The molecule has 6 rings (SSSR count). The summed E-state index contributed by atoms with van der Waals surface area (Å²) in [6, 6.07) is 33.9. The number of aliphatic hydroxyl groups excluding tert-OH is 4. The molecule has 0 saturated heterocycles. The molecular weight excluding hydrogens is 1000 g/mol. The summed E-state index contributed by atoms with van der Waals surface area (Å²) in [4.78, 5) is 17.8. The van der Waals surface area contributed by atoms with Crippen LogP contribution in [0.3, 0.4) is 0 Å². The second-order valence-electron chi connectivity index (χ2n) is 14.5. The largest absolute Gasteiger partial charge is 1.00 e. The summed E-state index contributed by atoms with van der Waals surface area (Å²) in [6.45, 7) is 12.6. The molecule has 6 aromatic carbocycles. The van der Waals surface area contributed by atoms with E-state index in [1.165, 1.54) is 7.11 Å². The van der Waals surface area contributed by atoms with Crippen molar-refractivity contribution in [2.45, 2.75) is 61.4 Å². The van der Waals surface area contributed by atoms with Crippen LogP contribution < -0.4 is 51.4 Å². The van der Waals surface area contributed by atoms with E-state index in [2.05, 4.69) is 36.2 Å². The number of ether oxygens (including phenoxy) is 3. The maximum absolute atomic E-state index is 9.60. The van der Waals surface area contributed by atoms with Crippen molar-refractivity contribution < 1.29 is 86.4 Å². The summed E-state index contributed by atoms with van der Waals surface area (Å²) < 4.78 is 15.9. The Morgan fingerprint density at radius 1 is 0.425 bits per heavy atom. The van der Waals surface area contributed by atoms with Gasteiger partial charge in [0, 0.05) is 34.1 Å². The molecule has 0 aliphatic carbocycles. The van der Waals surface area contributed by atoms with Gasteiger partial charge in [0.2, 0.25) is 11.1 Å². The van der Waals surface area contributed by atoms with Gasteiger partial charge in [0.15, 0.2) is 4.98 Å². The van der Waals surface area contributed by atoms with Gasteiger partial charge in [0.05, 0.1) is 46.8 Å². The van der Waals surface area contributed by atoms with Crippen LogP contribution in [0, 0.1) is 19.2 Å². The summed E-state index contributed by atoms with van der Waals surface area (Å²) in [7, 11) is 4.68. The van der Waals surface area contributed by atoms with E-state index in [-0.39, 0.29) is 63.6 Å². The Labute approximate surface area is 445 Å². The van der Waals surface area contributed by atoms with Crippen LogP contribution >= 0.6 is 0 Å². The second kappa shape index (κ2) is 36.9. The molecule has 0 fully saturated rings. The topological polar surface area (TPSA) is 239 Å². The van der Waals surface area contributed by atoms with Gasteiger partial charge in [-0.3, -0.25) is 0 Å². The Hall–Kier alpha value is -6.95. The van der Waals surface area contributed by atoms with E-state index < -0.39 is 0 Å². The predicted molar refractivity (Wildman–Crippen MR) is 268 cm³/mol. The first-order valence-corrected chi connectivity index (χ1v) is 22.3.